The van der Waals surface area contributed by atoms with Gasteiger partial charge in [-0.1, -0.05) is 18.6 Å². The minimum atomic E-state index is 0. The van der Waals surface area contributed by atoms with E-state index < -0.39 is 0 Å². The first-order valence-electron chi connectivity index (χ1n) is 6.39. The smallest absolute Gasteiger partial charge is 0.224 e. The van der Waals surface area contributed by atoms with E-state index in [4.69, 9.17) is 10.5 Å². The summed E-state index contributed by atoms with van der Waals surface area (Å²) < 4.78 is 5.20. The summed E-state index contributed by atoms with van der Waals surface area (Å²) in [5.41, 5.74) is 6.69. The van der Waals surface area contributed by atoms with E-state index >= 15 is 0 Å². The van der Waals surface area contributed by atoms with Crippen molar-refractivity contribution < 1.29 is 9.53 Å². The van der Waals surface area contributed by atoms with Crippen LogP contribution in [-0.4, -0.2) is 19.1 Å². The Morgan fingerprint density at radius 2 is 2.16 bits per heavy atom. The summed E-state index contributed by atoms with van der Waals surface area (Å²) in [6, 6.07) is 7.59. The molecule has 3 N–H and O–H groups in total. The SMILES string of the molecule is COc1ccccc1NC(=O)C[C@@H]1CCC[C@H]1N.Cl. The van der Waals surface area contributed by atoms with Crippen LogP contribution in [0.15, 0.2) is 24.3 Å². The maximum absolute atomic E-state index is 12.0. The zero-order valence-electron chi connectivity index (χ0n) is 11.1. The first-order chi connectivity index (χ1) is 8.70. The number of ether oxygens (including phenoxy) is 1. The van der Waals surface area contributed by atoms with Crippen LogP contribution in [0.25, 0.3) is 0 Å². The number of hydrogen-bond acceptors (Lipinski definition) is 3. The molecule has 1 saturated carbocycles. The van der Waals surface area contributed by atoms with Crippen molar-refractivity contribution in [2.45, 2.75) is 31.7 Å². The highest BCUT2D eigenvalue weighted by atomic mass is 35.5. The summed E-state index contributed by atoms with van der Waals surface area (Å²) in [6.45, 7) is 0. The van der Waals surface area contributed by atoms with Gasteiger partial charge >= 0.3 is 0 Å². The van der Waals surface area contributed by atoms with Gasteiger partial charge in [-0.15, -0.1) is 12.4 Å². The van der Waals surface area contributed by atoms with Crippen molar-refractivity contribution in [3.63, 3.8) is 0 Å². The molecule has 0 aliphatic heterocycles. The summed E-state index contributed by atoms with van der Waals surface area (Å²) in [5.74, 6) is 1.02. The van der Waals surface area contributed by atoms with Gasteiger partial charge < -0.3 is 15.8 Å². The molecule has 2 atom stereocenters. The average Bonchev–Trinajstić information content (AvgIpc) is 2.75. The zero-order chi connectivity index (χ0) is 13.0. The second-order valence-corrected chi connectivity index (χ2v) is 4.81. The van der Waals surface area contributed by atoms with Gasteiger partial charge in [-0.2, -0.15) is 0 Å². The van der Waals surface area contributed by atoms with Crippen LogP contribution in [0.4, 0.5) is 5.69 Å². The Bertz CT molecular complexity index is 426. The molecule has 0 aromatic heterocycles. The van der Waals surface area contributed by atoms with Gasteiger partial charge in [-0.05, 0) is 30.9 Å². The van der Waals surface area contributed by atoms with Crippen molar-refractivity contribution in [1.82, 2.24) is 0 Å². The lowest BCUT2D eigenvalue weighted by Gasteiger charge is -2.15. The maximum atomic E-state index is 12.0. The molecule has 1 fully saturated rings. The number of methoxy groups -OCH3 is 1. The molecule has 1 aromatic rings. The zero-order valence-corrected chi connectivity index (χ0v) is 11.9. The van der Waals surface area contributed by atoms with Crippen LogP contribution in [0.1, 0.15) is 25.7 Å². The number of hydrogen-bond donors (Lipinski definition) is 2. The maximum Gasteiger partial charge on any atom is 0.224 e. The molecule has 0 radical (unpaired) electrons. The molecule has 0 unspecified atom stereocenters. The minimum absolute atomic E-state index is 0. The van der Waals surface area contributed by atoms with Gasteiger partial charge in [0.15, 0.2) is 0 Å². The minimum Gasteiger partial charge on any atom is -0.495 e. The lowest BCUT2D eigenvalue weighted by Crippen LogP contribution is -2.28. The number of nitrogens with two attached hydrogens (primary N) is 1. The molecule has 1 amide bonds. The molecule has 106 valence electrons. The Kier molecular flexibility index (Phi) is 6.12. The number of amides is 1. The van der Waals surface area contributed by atoms with Crippen molar-refractivity contribution in [3.8, 4) is 5.75 Å². The molecule has 2 rings (SSSR count). The van der Waals surface area contributed by atoms with E-state index in [2.05, 4.69) is 5.32 Å². The highest BCUT2D eigenvalue weighted by Crippen LogP contribution is 2.28. The third-order valence-electron chi connectivity index (χ3n) is 3.55. The number of halogens is 1. The topological polar surface area (TPSA) is 64.3 Å². The largest absolute Gasteiger partial charge is 0.495 e. The first kappa shape index (κ1) is 15.8. The van der Waals surface area contributed by atoms with Crippen molar-refractivity contribution in [2.75, 3.05) is 12.4 Å². The van der Waals surface area contributed by atoms with Crippen LogP contribution < -0.4 is 15.8 Å². The van der Waals surface area contributed by atoms with Gasteiger partial charge in [-0.25, -0.2) is 0 Å². The molecular formula is C14H21ClN2O2. The highest BCUT2D eigenvalue weighted by molar-refractivity contribution is 5.92. The van der Waals surface area contributed by atoms with E-state index in [0.717, 1.165) is 24.9 Å². The molecule has 19 heavy (non-hydrogen) atoms. The second kappa shape index (κ2) is 7.36. The van der Waals surface area contributed by atoms with Gasteiger partial charge in [0.1, 0.15) is 5.75 Å². The summed E-state index contributed by atoms with van der Waals surface area (Å²) in [6.07, 6.45) is 3.72. The van der Waals surface area contributed by atoms with Gasteiger partial charge in [0.05, 0.1) is 12.8 Å². The summed E-state index contributed by atoms with van der Waals surface area (Å²) in [4.78, 5) is 12.0. The number of nitrogens with one attached hydrogen (secondary N) is 1. The molecule has 5 heteroatoms. The Balaban J connectivity index is 0.00000180. The van der Waals surface area contributed by atoms with E-state index in [1.54, 1.807) is 7.11 Å². The molecular weight excluding hydrogens is 264 g/mol. The van der Waals surface area contributed by atoms with Crippen molar-refractivity contribution >= 4 is 24.0 Å². The van der Waals surface area contributed by atoms with E-state index in [0.29, 0.717) is 18.1 Å². The predicted molar refractivity (Wildman–Crippen MR) is 78.8 cm³/mol. The molecule has 1 aromatic carbocycles. The number of para-hydroxylation sites is 2. The van der Waals surface area contributed by atoms with Crippen LogP contribution in [0.3, 0.4) is 0 Å². The van der Waals surface area contributed by atoms with Gasteiger partial charge in [0.2, 0.25) is 5.91 Å². The van der Waals surface area contributed by atoms with Crippen LogP contribution in [0.5, 0.6) is 5.75 Å². The predicted octanol–water partition coefficient (Wildman–Crippen LogP) is 2.57. The third-order valence-corrected chi connectivity index (χ3v) is 3.55. The first-order valence-corrected chi connectivity index (χ1v) is 6.39. The Morgan fingerprint density at radius 3 is 2.79 bits per heavy atom. The Labute approximate surface area is 120 Å². The molecule has 0 heterocycles. The van der Waals surface area contributed by atoms with Crippen LogP contribution in [-0.2, 0) is 4.79 Å². The standard InChI is InChI=1S/C14H20N2O2.ClH/c1-18-13-8-3-2-7-12(13)16-14(17)9-10-5-4-6-11(10)15;/h2-3,7-8,10-11H,4-6,9,15H2,1H3,(H,16,17);1H/t10-,11+;/m0./s1. The molecule has 0 spiro atoms. The van der Waals surface area contributed by atoms with Gasteiger partial charge in [0.25, 0.3) is 0 Å². The highest BCUT2D eigenvalue weighted by Gasteiger charge is 2.26. The number of rotatable bonds is 4. The van der Waals surface area contributed by atoms with Crippen molar-refractivity contribution in [3.05, 3.63) is 24.3 Å². The fourth-order valence-electron chi connectivity index (χ4n) is 2.51. The molecule has 1 aliphatic rings. The van der Waals surface area contributed by atoms with E-state index in [1.807, 2.05) is 24.3 Å². The normalized spacial score (nSPS) is 21.6. The molecule has 0 bridgehead atoms. The third kappa shape index (κ3) is 4.11. The van der Waals surface area contributed by atoms with Crippen LogP contribution in [0.2, 0.25) is 0 Å². The van der Waals surface area contributed by atoms with Crippen LogP contribution in [0, 0.1) is 5.92 Å². The van der Waals surface area contributed by atoms with E-state index in [1.165, 1.54) is 0 Å². The molecule has 1 aliphatic carbocycles. The quantitative estimate of drug-likeness (QED) is 0.893. The van der Waals surface area contributed by atoms with Crippen LogP contribution >= 0.6 is 12.4 Å². The summed E-state index contributed by atoms with van der Waals surface area (Å²) in [5, 5.41) is 2.89. The fraction of sp³-hybridized carbons (Fsp3) is 0.500. The summed E-state index contributed by atoms with van der Waals surface area (Å²) in [7, 11) is 1.60. The van der Waals surface area contributed by atoms with Crippen molar-refractivity contribution in [2.24, 2.45) is 11.7 Å². The summed E-state index contributed by atoms with van der Waals surface area (Å²) >= 11 is 0. The Hall–Kier alpha value is -1.26. The molecule has 4 nitrogen and oxygen atoms in total. The number of carbonyl (C=O) groups excluding carboxylic acids is 1. The second-order valence-electron chi connectivity index (χ2n) is 4.81. The lowest BCUT2D eigenvalue weighted by molar-refractivity contribution is -0.117. The lowest BCUT2D eigenvalue weighted by atomic mass is 10.00. The average molecular weight is 285 g/mol. The Morgan fingerprint density at radius 1 is 1.42 bits per heavy atom. The van der Waals surface area contributed by atoms with E-state index in [9.17, 15) is 4.79 Å². The number of carbonyl (C=O) groups is 1. The number of anilines is 1. The van der Waals surface area contributed by atoms with E-state index in [-0.39, 0.29) is 24.4 Å². The number of benzene rings is 1. The van der Waals surface area contributed by atoms with Gasteiger partial charge in [-0.3, -0.25) is 4.79 Å². The van der Waals surface area contributed by atoms with Crippen molar-refractivity contribution in [1.29, 1.82) is 0 Å². The molecule has 0 saturated heterocycles. The monoisotopic (exact) mass is 284 g/mol. The fourth-order valence-corrected chi connectivity index (χ4v) is 2.51. The van der Waals surface area contributed by atoms with Gasteiger partial charge in [0, 0.05) is 12.5 Å².